The largest absolute Gasteiger partial charge is 0.350 e. The lowest BCUT2D eigenvalue weighted by molar-refractivity contribution is 0.0938. The molecule has 1 atom stereocenters. The Bertz CT molecular complexity index is 1020. The number of benzene rings is 2. The van der Waals surface area contributed by atoms with Crippen LogP contribution < -0.4 is 5.32 Å². The molecule has 2 aromatic rings. The van der Waals surface area contributed by atoms with Crippen LogP contribution in [0.1, 0.15) is 34.8 Å². The van der Waals surface area contributed by atoms with Crippen LogP contribution >= 0.6 is 23.2 Å². The topological polar surface area (TPSA) is 69.7 Å². The van der Waals surface area contributed by atoms with Gasteiger partial charge in [-0.2, -0.15) is 0 Å². The van der Waals surface area contributed by atoms with E-state index in [0.29, 0.717) is 11.6 Å². The molecule has 1 aliphatic heterocycles. The van der Waals surface area contributed by atoms with Crippen molar-refractivity contribution in [2.24, 2.45) is 0 Å². The van der Waals surface area contributed by atoms with Crippen molar-refractivity contribution < 1.29 is 13.2 Å². The third kappa shape index (κ3) is 5.15. The van der Waals surface area contributed by atoms with E-state index in [1.165, 1.54) is 32.3 Å². The summed E-state index contributed by atoms with van der Waals surface area (Å²) in [6.45, 7) is 2.26. The molecule has 1 N–H and O–H groups in total. The molecule has 2 aromatic carbocycles. The number of likely N-dealkylation sites (tertiary alicyclic amines) is 1. The predicted octanol–water partition coefficient (Wildman–Crippen LogP) is 3.81. The van der Waals surface area contributed by atoms with Crippen LogP contribution in [0.2, 0.25) is 10.0 Å². The van der Waals surface area contributed by atoms with Gasteiger partial charge in [0.15, 0.2) is 0 Å². The van der Waals surface area contributed by atoms with E-state index in [1.54, 1.807) is 0 Å². The predicted molar refractivity (Wildman–Crippen MR) is 120 cm³/mol. The van der Waals surface area contributed by atoms with Gasteiger partial charge in [0.2, 0.25) is 10.0 Å². The molecule has 1 amide bonds. The summed E-state index contributed by atoms with van der Waals surface area (Å²) in [6.07, 6.45) is 2.22. The van der Waals surface area contributed by atoms with Gasteiger partial charge in [0, 0.05) is 25.7 Å². The molecule has 1 fully saturated rings. The minimum Gasteiger partial charge on any atom is -0.350 e. The number of amides is 1. The highest BCUT2D eigenvalue weighted by atomic mass is 35.5. The number of nitrogens with zero attached hydrogens (tertiary/aromatic N) is 2. The van der Waals surface area contributed by atoms with Crippen LogP contribution in [-0.4, -0.2) is 57.3 Å². The number of rotatable bonds is 7. The first-order valence-electron chi connectivity index (χ1n) is 9.70. The Balaban J connectivity index is 1.82. The number of nitrogens with one attached hydrogen (secondary N) is 1. The van der Waals surface area contributed by atoms with Crippen molar-refractivity contribution in [2.75, 3.05) is 33.7 Å². The minimum absolute atomic E-state index is 0.0213. The van der Waals surface area contributed by atoms with E-state index in [2.05, 4.69) is 10.2 Å². The van der Waals surface area contributed by atoms with Crippen molar-refractivity contribution in [2.45, 2.75) is 23.8 Å². The summed E-state index contributed by atoms with van der Waals surface area (Å²) in [5.74, 6) is -0.415. The number of halogens is 2. The standard InChI is InChI=1S/C21H25Cl2N3O3S/c1-25(2)30(28,29)17-8-9-19(23)18(13-17)21(27)24-14-20(26-10-3-4-11-26)15-6-5-7-16(22)12-15/h5-9,12-13,20H,3-4,10-11,14H2,1-2H3,(H,24,27). The molecule has 0 radical (unpaired) electrons. The quantitative estimate of drug-likeness (QED) is 0.668. The number of sulfonamides is 1. The first-order valence-corrected chi connectivity index (χ1v) is 11.9. The molecular formula is C21H25Cl2N3O3S. The molecule has 162 valence electrons. The third-order valence-electron chi connectivity index (χ3n) is 5.23. The third-order valence-corrected chi connectivity index (χ3v) is 7.61. The van der Waals surface area contributed by atoms with Gasteiger partial charge in [0.05, 0.1) is 21.5 Å². The highest BCUT2D eigenvalue weighted by Crippen LogP contribution is 2.27. The Morgan fingerprint density at radius 2 is 1.83 bits per heavy atom. The van der Waals surface area contributed by atoms with Crippen molar-refractivity contribution in [3.8, 4) is 0 Å². The molecule has 0 aliphatic carbocycles. The second kappa shape index (κ2) is 9.66. The molecule has 1 heterocycles. The van der Waals surface area contributed by atoms with E-state index in [9.17, 15) is 13.2 Å². The lowest BCUT2D eigenvalue weighted by Gasteiger charge is -2.28. The molecule has 3 rings (SSSR count). The fourth-order valence-corrected chi connectivity index (χ4v) is 4.89. The smallest absolute Gasteiger partial charge is 0.252 e. The fraction of sp³-hybridized carbons (Fsp3) is 0.381. The monoisotopic (exact) mass is 469 g/mol. The second-order valence-corrected chi connectivity index (χ2v) is 10.4. The van der Waals surface area contributed by atoms with E-state index in [1.807, 2.05) is 24.3 Å². The summed E-state index contributed by atoms with van der Waals surface area (Å²) in [7, 11) is -0.790. The summed E-state index contributed by atoms with van der Waals surface area (Å²) in [4.78, 5) is 15.2. The minimum atomic E-state index is -3.67. The fourth-order valence-electron chi connectivity index (χ4n) is 3.56. The van der Waals surface area contributed by atoms with Gasteiger partial charge in [-0.3, -0.25) is 9.69 Å². The first-order chi connectivity index (χ1) is 14.2. The summed E-state index contributed by atoms with van der Waals surface area (Å²) in [5.41, 5.74) is 1.16. The molecule has 0 aromatic heterocycles. The van der Waals surface area contributed by atoms with Crippen LogP contribution in [0.4, 0.5) is 0 Å². The van der Waals surface area contributed by atoms with Crippen LogP contribution in [0.15, 0.2) is 47.4 Å². The molecule has 1 unspecified atom stereocenters. The van der Waals surface area contributed by atoms with Crippen molar-refractivity contribution in [3.05, 3.63) is 63.6 Å². The average Bonchev–Trinajstić information content (AvgIpc) is 3.22. The van der Waals surface area contributed by atoms with E-state index >= 15 is 0 Å². The second-order valence-electron chi connectivity index (χ2n) is 7.45. The van der Waals surface area contributed by atoms with Gasteiger partial charge in [-0.05, 0) is 61.8 Å². The van der Waals surface area contributed by atoms with Crippen molar-refractivity contribution in [3.63, 3.8) is 0 Å². The Morgan fingerprint density at radius 1 is 1.13 bits per heavy atom. The van der Waals surface area contributed by atoms with E-state index in [0.717, 1.165) is 35.8 Å². The average molecular weight is 470 g/mol. The molecule has 0 saturated carbocycles. The van der Waals surface area contributed by atoms with Crippen molar-refractivity contribution >= 4 is 39.1 Å². The summed E-state index contributed by atoms with van der Waals surface area (Å²) in [5, 5.41) is 3.77. The lowest BCUT2D eigenvalue weighted by atomic mass is 10.1. The zero-order valence-corrected chi connectivity index (χ0v) is 19.3. The Kier molecular flexibility index (Phi) is 7.42. The van der Waals surface area contributed by atoms with Crippen molar-refractivity contribution in [1.29, 1.82) is 0 Å². The van der Waals surface area contributed by atoms with Gasteiger partial charge in [-0.1, -0.05) is 35.3 Å². The molecular weight excluding hydrogens is 445 g/mol. The van der Waals surface area contributed by atoms with E-state index in [-0.39, 0.29) is 21.5 Å². The van der Waals surface area contributed by atoms with Gasteiger partial charge in [0.25, 0.3) is 5.91 Å². The first kappa shape index (κ1) is 23.0. The molecule has 30 heavy (non-hydrogen) atoms. The number of hydrogen-bond acceptors (Lipinski definition) is 4. The van der Waals surface area contributed by atoms with Gasteiger partial charge >= 0.3 is 0 Å². The van der Waals surface area contributed by atoms with Crippen LogP contribution in [0.25, 0.3) is 0 Å². The maximum absolute atomic E-state index is 12.9. The number of hydrogen-bond donors (Lipinski definition) is 1. The SMILES string of the molecule is CN(C)S(=O)(=O)c1ccc(Cl)c(C(=O)NCC(c2cccc(Cl)c2)N2CCCC2)c1. The highest BCUT2D eigenvalue weighted by Gasteiger charge is 2.25. The number of carbonyl (C=O) groups excluding carboxylic acids is 1. The maximum atomic E-state index is 12.9. The molecule has 0 bridgehead atoms. The zero-order valence-electron chi connectivity index (χ0n) is 16.9. The van der Waals surface area contributed by atoms with Crippen LogP contribution in [-0.2, 0) is 10.0 Å². The van der Waals surface area contributed by atoms with Gasteiger partial charge in [0.1, 0.15) is 0 Å². The summed E-state index contributed by atoms with van der Waals surface area (Å²) < 4.78 is 25.9. The molecule has 0 spiro atoms. The molecule has 9 heteroatoms. The Hall–Kier alpha value is -1.64. The van der Waals surface area contributed by atoms with E-state index < -0.39 is 15.9 Å². The van der Waals surface area contributed by atoms with Gasteiger partial charge < -0.3 is 5.32 Å². The van der Waals surface area contributed by atoms with Crippen LogP contribution in [0.5, 0.6) is 0 Å². The van der Waals surface area contributed by atoms with E-state index in [4.69, 9.17) is 23.2 Å². The maximum Gasteiger partial charge on any atom is 0.252 e. The zero-order chi connectivity index (χ0) is 21.9. The van der Waals surface area contributed by atoms with Crippen LogP contribution in [0, 0.1) is 0 Å². The Morgan fingerprint density at radius 3 is 2.47 bits per heavy atom. The summed E-state index contributed by atoms with van der Waals surface area (Å²) >= 11 is 12.4. The number of carbonyl (C=O) groups is 1. The van der Waals surface area contributed by atoms with Gasteiger partial charge in [-0.25, -0.2) is 12.7 Å². The van der Waals surface area contributed by atoms with Gasteiger partial charge in [-0.15, -0.1) is 0 Å². The van der Waals surface area contributed by atoms with Crippen LogP contribution in [0.3, 0.4) is 0 Å². The highest BCUT2D eigenvalue weighted by molar-refractivity contribution is 7.89. The Labute approximate surface area is 187 Å². The lowest BCUT2D eigenvalue weighted by Crippen LogP contribution is -2.37. The molecule has 1 saturated heterocycles. The normalized spacial score (nSPS) is 16.0. The molecule has 1 aliphatic rings. The molecule has 6 nitrogen and oxygen atoms in total. The summed E-state index contributed by atoms with van der Waals surface area (Å²) in [6, 6.07) is 11.7. The van der Waals surface area contributed by atoms with Crippen molar-refractivity contribution in [1.82, 2.24) is 14.5 Å².